The van der Waals surface area contributed by atoms with Crippen LogP contribution in [0.2, 0.25) is 0 Å². The Labute approximate surface area is 142 Å². The van der Waals surface area contributed by atoms with Crippen molar-refractivity contribution in [2.24, 2.45) is 0 Å². The Morgan fingerprint density at radius 1 is 1.12 bits per heavy atom. The van der Waals surface area contributed by atoms with Crippen LogP contribution in [-0.2, 0) is 5.60 Å². The Bertz CT molecular complexity index is 691. The first-order chi connectivity index (χ1) is 11.6. The summed E-state index contributed by atoms with van der Waals surface area (Å²) in [6.07, 6.45) is 1.28. The summed E-state index contributed by atoms with van der Waals surface area (Å²) >= 11 is 0. The first-order valence-electron chi connectivity index (χ1n) is 8.28. The standard InChI is InChI=1S/C20H23NO3/c1-24-18-9-5-6-16(14-18)19(22)15-21-12-10-20(23,11-13-21)17-7-3-2-4-8-17/h2-9,14,23H,10-13,15H2,1H3. The van der Waals surface area contributed by atoms with Gasteiger partial charge < -0.3 is 9.84 Å². The summed E-state index contributed by atoms with van der Waals surface area (Å²) in [5, 5.41) is 10.9. The normalized spacial score (nSPS) is 17.4. The molecule has 1 N–H and O–H groups in total. The Morgan fingerprint density at radius 3 is 2.50 bits per heavy atom. The molecule has 2 aromatic rings. The van der Waals surface area contributed by atoms with E-state index in [9.17, 15) is 9.90 Å². The van der Waals surface area contributed by atoms with Crippen LogP contribution in [-0.4, -0.2) is 42.5 Å². The molecule has 1 fully saturated rings. The van der Waals surface area contributed by atoms with Crippen LogP contribution in [0.1, 0.15) is 28.8 Å². The summed E-state index contributed by atoms with van der Waals surface area (Å²) in [6.45, 7) is 1.79. The molecule has 0 aliphatic carbocycles. The zero-order valence-electron chi connectivity index (χ0n) is 13.9. The Balaban J connectivity index is 1.60. The fourth-order valence-electron chi connectivity index (χ4n) is 3.21. The molecular formula is C20H23NO3. The van der Waals surface area contributed by atoms with Gasteiger partial charge in [0.1, 0.15) is 5.75 Å². The summed E-state index contributed by atoms with van der Waals surface area (Å²) in [5.74, 6) is 0.775. The van der Waals surface area contributed by atoms with Gasteiger partial charge in [0.2, 0.25) is 0 Å². The van der Waals surface area contributed by atoms with Crippen molar-refractivity contribution >= 4 is 5.78 Å². The molecule has 0 bridgehead atoms. The van der Waals surface area contributed by atoms with Gasteiger partial charge in [-0.15, -0.1) is 0 Å². The number of benzene rings is 2. The topological polar surface area (TPSA) is 49.8 Å². The van der Waals surface area contributed by atoms with E-state index in [2.05, 4.69) is 4.90 Å². The van der Waals surface area contributed by atoms with Crippen molar-refractivity contribution in [1.82, 2.24) is 4.90 Å². The van der Waals surface area contributed by atoms with Gasteiger partial charge in [-0.3, -0.25) is 9.69 Å². The monoisotopic (exact) mass is 325 g/mol. The van der Waals surface area contributed by atoms with Crippen LogP contribution in [0.5, 0.6) is 5.75 Å². The molecule has 0 unspecified atom stereocenters. The highest BCUT2D eigenvalue weighted by atomic mass is 16.5. The Morgan fingerprint density at radius 2 is 1.83 bits per heavy atom. The number of Topliss-reactive ketones (excluding diaryl/α,β-unsaturated/α-hetero) is 1. The molecule has 0 amide bonds. The third-order valence-electron chi connectivity index (χ3n) is 4.75. The summed E-state index contributed by atoms with van der Waals surface area (Å²) in [5.41, 5.74) is 0.846. The number of methoxy groups -OCH3 is 1. The molecule has 1 aliphatic rings. The van der Waals surface area contributed by atoms with Gasteiger partial charge in [-0.05, 0) is 30.5 Å². The second kappa shape index (κ2) is 7.16. The largest absolute Gasteiger partial charge is 0.497 e. The lowest BCUT2D eigenvalue weighted by atomic mass is 9.84. The molecule has 4 heteroatoms. The summed E-state index contributed by atoms with van der Waals surface area (Å²) < 4.78 is 5.17. The second-order valence-electron chi connectivity index (χ2n) is 6.33. The molecule has 0 spiro atoms. The van der Waals surface area contributed by atoms with Crippen molar-refractivity contribution in [1.29, 1.82) is 0 Å². The van der Waals surface area contributed by atoms with Crippen molar-refractivity contribution in [2.75, 3.05) is 26.7 Å². The molecule has 3 rings (SSSR count). The third kappa shape index (κ3) is 3.66. The van der Waals surface area contributed by atoms with E-state index in [4.69, 9.17) is 4.74 Å². The summed E-state index contributed by atoms with van der Waals surface area (Å²) in [6, 6.07) is 17.0. The number of nitrogens with zero attached hydrogens (tertiary/aromatic N) is 1. The van der Waals surface area contributed by atoms with Gasteiger partial charge in [-0.25, -0.2) is 0 Å². The smallest absolute Gasteiger partial charge is 0.176 e. The predicted molar refractivity (Wildman–Crippen MR) is 93.3 cm³/mol. The Hall–Kier alpha value is -2.17. The molecule has 126 valence electrons. The molecule has 0 radical (unpaired) electrons. The minimum atomic E-state index is -0.781. The summed E-state index contributed by atoms with van der Waals surface area (Å²) in [4.78, 5) is 14.6. The number of aliphatic hydroxyl groups is 1. The molecule has 2 aromatic carbocycles. The third-order valence-corrected chi connectivity index (χ3v) is 4.75. The average molecular weight is 325 g/mol. The molecule has 4 nitrogen and oxygen atoms in total. The van der Waals surface area contributed by atoms with Crippen LogP contribution in [0.25, 0.3) is 0 Å². The number of ether oxygens (including phenoxy) is 1. The lowest BCUT2D eigenvalue weighted by Crippen LogP contribution is -2.44. The van der Waals surface area contributed by atoms with Gasteiger partial charge in [-0.1, -0.05) is 42.5 Å². The minimum Gasteiger partial charge on any atom is -0.497 e. The molecule has 0 saturated carbocycles. The number of likely N-dealkylation sites (tertiary alicyclic amines) is 1. The van der Waals surface area contributed by atoms with E-state index in [0.717, 1.165) is 5.56 Å². The number of piperidine rings is 1. The number of carbonyl (C=O) groups is 1. The van der Waals surface area contributed by atoms with Crippen molar-refractivity contribution < 1.29 is 14.6 Å². The number of ketones is 1. The van der Waals surface area contributed by atoms with Crippen LogP contribution in [0.4, 0.5) is 0 Å². The van der Waals surface area contributed by atoms with E-state index in [1.807, 2.05) is 48.5 Å². The minimum absolute atomic E-state index is 0.0825. The maximum absolute atomic E-state index is 12.5. The zero-order chi connectivity index (χ0) is 17.0. The molecule has 1 aliphatic heterocycles. The van der Waals surface area contributed by atoms with Crippen molar-refractivity contribution in [2.45, 2.75) is 18.4 Å². The maximum Gasteiger partial charge on any atom is 0.176 e. The number of carbonyl (C=O) groups excluding carboxylic acids is 1. The van der Waals surface area contributed by atoms with Gasteiger partial charge >= 0.3 is 0 Å². The van der Waals surface area contributed by atoms with Crippen LogP contribution >= 0.6 is 0 Å². The fraction of sp³-hybridized carbons (Fsp3) is 0.350. The van der Waals surface area contributed by atoms with Crippen molar-refractivity contribution in [3.05, 3.63) is 65.7 Å². The van der Waals surface area contributed by atoms with E-state index < -0.39 is 5.60 Å². The van der Waals surface area contributed by atoms with Gasteiger partial charge in [0.25, 0.3) is 0 Å². The van der Waals surface area contributed by atoms with Crippen LogP contribution in [0, 0.1) is 0 Å². The lowest BCUT2D eigenvalue weighted by molar-refractivity contribution is -0.0245. The average Bonchev–Trinajstić information content (AvgIpc) is 2.64. The van der Waals surface area contributed by atoms with E-state index >= 15 is 0 Å². The lowest BCUT2D eigenvalue weighted by Gasteiger charge is -2.38. The van der Waals surface area contributed by atoms with E-state index in [-0.39, 0.29) is 5.78 Å². The van der Waals surface area contributed by atoms with Crippen LogP contribution in [0.3, 0.4) is 0 Å². The van der Waals surface area contributed by atoms with Crippen LogP contribution in [0.15, 0.2) is 54.6 Å². The predicted octanol–water partition coefficient (Wildman–Crippen LogP) is 2.86. The van der Waals surface area contributed by atoms with Gasteiger partial charge in [-0.2, -0.15) is 0 Å². The van der Waals surface area contributed by atoms with Gasteiger partial charge in [0.05, 0.1) is 19.3 Å². The first-order valence-corrected chi connectivity index (χ1v) is 8.28. The number of hydrogen-bond acceptors (Lipinski definition) is 4. The van der Waals surface area contributed by atoms with E-state index in [1.165, 1.54) is 0 Å². The molecule has 0 aromatic heterocycles. The number of hydrogen-bond donors (Lipinski definition) is 1. The second-order valence-corrected chi connectivity index (χ2v) is 6.33. The molecule has 0 atom stereocenters. The number of rotatable bonds is 5. The molecule has 1 saturated heterocycles. The highest BCUT2D eigenvalue weighted by Crippen LogP contribution is 2.32. The molecule has 1 heterocycles. The maximum atomic E-state index is 12.5. The van der Waals surface area contributed by atoms with Crippen molar-refractivity contribution in [3.8, 4) is 5.75 Å². The first kappa shape index (κ1) is 16.7. The SMILES string of the molecule is COc1cccc(C(=O)CN2CCC(O)(c3ccccc3)CC2)c1. The Kier molecular flexibility index (Phi) is 4.97. The molecular weight excluding hydrogens is 302 g/mol. The van der Waals surface area contributed by atoms with Gasteiger partial charge in [0, 0.05) is 18.7 Å². The quantitative estimate of drug-likeness (QED) is 0.859. The van der Waals surface area contributed by atoms with Crippen molar-refractivity contribution in [3.63, 3.8) is 0 Å². The highest BCUT2D eigenvalue weighted by molar-refractivity contribution is 5.97. The molecule has 24 heavy (non-hydrogen) atoms. The highest BCUT2D eigenvalue weighted by Gasteiger charge is 2.34. The summed E-state index contributed by atoms with van der Waals surface area (Å²) in [7, 11) is 1.60. The zero-order valence-corrected chi connectivity index (χ0v) is 13.9. The van der Waals surface area contributed by atoms with Gasteiger partial charge in [0.15, 0.2) is 5.78 Å². The van der Waals surface area contributed by atoms with Crippen LogP contribution < -0.4 is 4.74 Å². The van der Waals surface area contributed by atoms with E-state index in [1.54, 1.807) is 13.2 Å². The van der Waals surface area contributed by atoms with E-state index in [0.29, 0.717) is 43.8 Å². The fourth-order valence-corrected chi connectivity index (χ4v) is 3.21.